The monoisotopic (exact) mass is 417 g/mol. The highest BCUT2D eigenvalue weighted by Gasteiger charge is 2.40. The number of nitro groups is 1. The Labute approximate surface area is 156 Å². The molecule has 1 N–H and O–H groups in total. The predicted octanol–water partition coefficient (Wildman–Crippen LogP) is 2.98. The Morgan fingerprint density at radius 2 is 1.81 bits per heavy atom. The molecule has 2 aromatic carbocycles. The Morgan fingerprint density at radius 3 is 2.46 bits per heavy atom. The zero-order chi connectivity index (χ0) is 18.8. The third-order valence-electron chi connectivity index (χ3n) is 3.86. The number of hydrogen-bond donors (Lipinski definition) is 1. The van der Waals surface area contributed by atoms with Crippen molar-refractivity contribution in [2.45, 2.75) is 6.42 Å². The summed E-state index contributed by atoms with van der Waals surface area (Å²) in [5, 5.41) is 13.7. The molecule has 1 aliphatic rings. The fourth-order valence-electron chi connectivity index (χ4n) is 2.64. The highest BCUT2D eigenvalue weighted by atomic mass is 79.9. The molecule has 0 atom stereocenters. The number of amides is 3. The van der Waals surface area contributed by atoms with Crippen LogP contribution in [0.1, 0.15) is 27.1 Å². The van der Waals surface area contributed by atoms with Crippen LogP contribution in [0.4, 0.5) is 11.4 Å². The Morgan fingerprint density at radius 1 is 1.12 bits per heavy atom. The molecule has 8 nitrogen and oxygen atoms in total. The molecule has 0 saturated carbocycles. The number of nitro benzene ring substituents is 1. The van der Waals surface area contributed by atoms with E-state index < -0.39 is 22.4 Å². The minimum absolute atomic E-state index is 0.0162. The van der Waals surface area contributed by atoms with Crippen LogP contribution in [-0.2, 0) is 4.79 Å². The zero-order valence-corrected chi connectivity index (χ0v) is 14.9. The maximum atomic E-state index is 12.4. The minimum Gasteiger partial charge on any atom is -0.326 e. The van der Waals surface area contributed by atoms with E-state index in [0.717, 1.165) is 9.37 Å². The fourth-order valence-corrected chi connectivity index (χ4v) is 2.91. The summed E-state index contributed by atoms with van der Waals surface area (Å²) >= 11 is 3.29. The SMILES string of the molecule is O=C(CCN1C(=O)c2cccc([N+](=O)[O-])c2C1=O)Nc1ccc(Br)cc1. The van der Waals surface area contributed by atoms with E-state index in [9.17, 15) is 24.5 Å². The highest BCUT2D eigenvalue weighted by molar-refractivity contribution is 9.10. The van der Waals surface area contributed by atoms with Crippen molar-refractivity contribution in [3.05, 3.63) is 68.2 Å². The third kappa shape index (κ3) is 3.33. The maximum Gasteiger partial charge on any atom is 0.282 e. The molecular formula is C17H12BrN3O5. The number of anilines is 1. The van der Waals surface area contributed by atoms with Crippen LogP contribution in [0.3, 0.4) is 0 Å². The first kappa shape index (κ1) is 17.7. The molecule has 9 heteroatoms. The summed E-state index contributed by atoms with van der Waals surface area (Å²) in [6.45, 7) is -0.161. The molecule has 0 bridgehead atoms. The van der Waals surface area contributed by atoms with Crippen molar-refractivity contribution in [1.29, 1.82) is 0 Å². The van der Waals surface area contributed by atoms with E-state index in [4.69, 9.17) is 0 Å². The van der Waals surface area contributed by atoms with Gasteiger partial charge in [0.15, 0.2) is 0 Å². The van der Waals surface area contributed by atoms with Crippen molar-refractivity contribution in [2.75, 3.05) is 11.9 Å². The van der Waals surface area contributed by atoms with E-state index in [1.807, 2.05) is 0 Å². The van der Waals surface area contributed by atoms with Gasteiger partial charge in [-0.1, -0.05) is 22.0 Å². The fraction of sp³-hybridized carbons (Fsp3) is 0.118. The molecule has 0 aromatic heterocycles. The van der Waals surface area contributed by atoms with Crippen molar-refractivity contribution in [1.82, 2.24) is 4.90 Å². The Hall–Kier alpha value is -3.07. The van der Waals surface area contributed by atoms with E-state index in [1.54, 1.807) is 24.3 Å². The van der Waals surface area contributed by atoms with Gasteiger partial charge in [0.1, 0.15) is 5.56 Å². The van der Waals surface area contributed by atoms with Crippen molar-refractivity contribution >= 4 is 45.0 Å². The summed E-state index contributed by atoms with van der Waals surface area (Å²) in [5.41, 5.74) is -0.0767. The van der Waals surface area contributed by atoms with Gasteiger partial charge in [0.25, 0.3) is 17.5 Å². The van der Waals surface area contributed by atoms with Gasteiger partial charge in [-0.05, 0) is 30.3 Å². The van der Waals surface area contributed by atoms with Gasteiger partial charge in [-0.3, -0.25) is 29.4 Å². The summed E-state index contributed by atoms with van der Waals surface area (Å²) in [6.07, 6.45) is -0.116. The maximum absolute atomic E-state index is 12.4. The molecule has 1 heterocycles. The van der Waals surface area contributed by atoms with Gasteiger partial charge in [0.2, 0.25) is 5.91 Å². The number of rotatable bonds is 5. The molecule has 1 aliphatic heterocycles. The molecular weight excluding hydrogens is 406 g/mol. The van der Waals surface area contributed by atoms with E-state index in [1.165, 1.54) is 18.2 Å². The van der Waals surface area contributed by atoms with E-state index in [-0.39, 0.29) is 30.0 Å². The minimum atomic E-state index is -0.756. The molecule has 0 saturated heterocycles. The number of carbonyl (C=O) groups is 3. The van der Waals surface area contributed by atoms with Crippen molar-refractivity contribution in [3.8, 4) is 0 Å². The van der Waals surface area contributed by atoms with E-state index in [0.29, 0.717) is 5.69 Å². The van der Waals surface area contributed by atoms with Crippen LogP contribution < -0.4 is 5.32 Å². The second-order valence-corrected chi connectivity index (χ2v) is 6.44. The standard InChI is InChI=1S/C17H12BrN3O5/c18-10-4-6-11(7-5-10)19-14(22)8-9-20-16(23)12-2-1-3-13(21(25)26)15(12)17(20)24/h1-7H,8-9H2,(H,19,22). The number of hydrogen-bond acceptors (Lipinski definition) is 5. The lowest BCUT2D eigenvalue weighted by atomic mass is 10.1. The Bertz CT molecular complexity index is 926. The number of halogens is 1. The second-order valence-electron chi connectivity index (χ2n) is 5.52. The average molecular weight is 418 g/mol. The molecule has 0 fully saturated rings. The highest BCUT2D eigenvalue weighted by Crippen LogP contribution is 2.30. The number of nitrogens with one attached hydrogen (secondary N) is 1. The summed E-state index contributed by atoms with van der Waals surface area (Å²) < 4.78 is 0.864. The van der Waals surface area contributed by atoms with Crippen LogP contribution in [0.15, 0.2) is 46.9 Å². The quantitative estimate of drug-likeness (QED) is 0.456. The normalized spacial score (nSPS) is 12.9. The van der Waals surface area contributed by atoms with Crippen molar-refractivity contribution in [3.63, 3.8) is 0 Å². The van der Waals surface area contributed by atoms with Gasteiger partial charge < -0.3 is 5.32 Å². The molecule has 0 unspecified atom stereocenters. The van der Waals surface area contributed by atoms with Crippen molar-refractivity contribution in [2.24, 2.45) is 0 Å². The lowest BCUT2D eigenvalue weighted by Crippen LogP contribution is -2.33. The molecule has 3 amide bonds. The Balaban J connectivity index is 1.69. The average Bonchev–Trinajstić information content (AvgIpc) is 2.86. The van der Waals surface area contributed by atoms with Gasteiger partial charge >= 0.3 is 0 Å². The first-order valence-electron chi connectivity index (χ1n) is 7.57. The van der Waals surface area contributed by atoms with Crippen LogP contribution in [0.5, 0.6) is 0 Å². The van der Waals surface area contributed by atoms with Gasteiger partial charge in [0.05, 0.1) is 10.5 Å². The molecule has 3 rings (SSSR count). The summed E-state index contributed by atoms with van der Waals surface area (Å²) in [4.78, 5) is 48.0. The second kappa shape index (κ2) is 7.04. The van der Waals surface area contributed by atoms with Crippen molar-refractivity contribution < 1.29 is 19.3 Å². The third-order valence-corrected chi connectivity index (χ3v) is 4.39. The lowest BCUT2D eigenvalue weighted by molar-refractivity contribution is -0.385. The lowest BCUT2D eigenvalue weighted by Gasteiger charge is -2.13. The first-order valence-corrected chi connectivity index (χ1v) is 8.37. The number of nitrogens with zero attached hydrogens (tertiary/aromatic N) is 2. The van der Waals surface area contributed by atoms with Crippen LogP contribution in [-0.4, -0.2) is 34.1 Å². The van der Waals surface area contributed by atoms with Crippen LogP contribution >= 0.6 is 15.9 Å². The number of imide groups is 1. The van der Waals surface area contributed by atoms with Gasteiger partial charge in [0, 0.05) is 29.2 Å². The van der Waals surface area contributed by atoms with Crippen LogP contribution in [0.2, 0.25) is 0 Å². The molecule has 0 aliphatic carbocycles. The van der Waals surface area contributed by atoms with Crippen LogP contribution in [0.25, 0.3) is 0 Å². The summed E-state index contributed by atoms with van der Waals surface area (Å²) in [6, 6.07) is 10.8. The number of benzene rings is 2. The molecule has 2 aromatic rings. The Kier molecular flexibility index (Phi) is 4.81. The molecule has 26 heavy (non-hydrogen) atoms. The summed E-state index contributed by atoms with van der Waals surface area (Å²) in [7, 11) is 0. The summed E-state index contributed by atoms with van der Waals surface area (Å²) in [5.74, 6) is -1.77. The van der Waals surface area contributed by atoms with Gasteiger partial charge in [-0.25, -0.2) is 0 Å². The number of fused-ring (bicyclic) bond motifs is 1. The predicted molar refractivity (Wildman–Crippen MR) is 95.9 cm³/mol. The zero-order valence-electron chi connectivity index (χ0n) is 13.3. The van der Waals surface area contributed by atoms with Gasteiger partial charge in [-0.2, -0.15) is 0 Å². The molecule has 0 radical (unpaired) electrons. The van der Waals surface area contributed by atoms with E-state index >= 15 is 0 Å². The first-order chi connectivity index (χ1) is 12.4. The van der Waals surface area contributed by atoms with E-state index in [2.05, 4.69) is 21.2 Å². The van der Waals surface area contributed by atoms with Crippen LogP contribution in [0, 0.1) is 10.1 Å². The van der Waals surface area contributed by atoms with Gasteiger partial charge in [-0.15, -0.1) is 0 Å². The largest absolute Gasteiger partial charge is 0.326 e. The molecule has 0 spiro atoms. The smallest absolute Gasteiger partial charge is 0.282 e. The molecule has 132 valence electrons. The number of carbonyl (C=O) groups excluding carboxylic acids is 3. The topological polar surface area (TPSA) is 110 Å².